The Morgan fingerprint density at radius 1 is 1.03 bits per heavy atom. The Bertz CT molecular complexity index is 1470. The molecule has 0 fully saturated rings. The summed E-state index contributed by atoms with van der Waals surface area (Å²) in [6, 6.07) is 23.6. The number of nitrogens with zero attached hydrogens (tertiary/aromatic N) is 1. The van der Waals surface area contributed by atoms with E-state index in [-0.39, 0.29) is 22.9 Å². The molecule has 1 aliphatic rings. The van der Waals surface area contributed by atoms with Crippen LogP contribution in [0.2, 0.25) is 0 Å². The number of nitrogens with one attached hydrogen (secondary N) is 1. The van der Waals surface area contributed by atoms with Crippen LogP contribution in [-0.2, 0) is 25.8 Å². The van der Waals surface area contributed by atoms with Crippen LogP contribution in [0.4, 0.5) is 5.69 Å². The number of hydrogen-bond donors (Lipinski definition) is 2. The van der Waals surface area contributed by atoms with Crippen LogP contribution in [0.1, 0.15) is 32.6 Å². The lowest BCUT2D eigenvalue weighted by atomic mass is 10.0. The van der Waals surface area contributed by atoms with Gasteiger partial charge in [0.05, 0.1) is 5.52 Å². The molecule has 1 atom stereocenters. The van der Waals surface area contributed by atoms with Gasteiger partial charge >= 0.3 is 0 Å². The zero-order valence-electron chi connectivity index (χ0n) is 19.7. The lowest BCUT2D eigenvalue weighted by Crippen LogP contribution is -2.35. The summed E-state index contributed by atoms with van der Waals surface area (Å²) in [5.41, 5.74) is 12.3. The molecule has 3 N–H and O–H groups in total. The molecule has 0 bridgehead atoms. The van der Waals surface area contributed by atoms with E-state index in [4.69, 9.17) is 5.73 Å². The smallest absolute Gasteiger partial charge is 0.263 e. The minimum atomic E-state index is -0.366. The second-order valence-corrected chi connectivity index (χ2v) is 9.25. The molecule has 0 saturated heterocycles. The molecule has 1 amide bonds. The third-order valence-electron chi connectivity index (χ3n) is 6.88. The number of pyridine rings is 1. The SMILES string of the molecule is C=Cc1ccc2c(c1)CC(Cn1c(=O)c(C(=O)NCCc3ccccc3)cc3c(N)cccc31)C2. The monoisotopic (exact) mass is 463 g/mol. The maximum absolute atomic E-state index is 13.6. The van der Waals surface area contributed by atoms with Crippen LogP contribution in [0.15, 0.2) is 84.2 Å². The van der Waals surface area contributed by atoms with E-state index in [0.717, 1.165) is 34.9 Å². The van der Waals surface area contributed by atoms with E-state index >= 15 is 0 Å². The first-order valence-corrected chi connectivity index (χ1v) is 12.0. The summed E-state index contributed by atoms with van der Waals surface area (Å²) in [5.74, 6) is -0.0982. The number of nitrogens with two attached hydrogens (primary N) is 1. The zero-order valence-corrected chi connectivity index (χ0v) is 19.7. The number of nitrogen functional groups attached to an aromatic ring is 1. The Morgan fingerprint density at radius 3 is 2.63 bits per heavy atom. The maximum atomic E-state index is 13.6. The molecule has 0 saturated carbocycles. The molecule has 1 aliphatic carbocycles. The summed E-state index contributed by atoms with van der Waals surface area (Å²) in [5, 5.41) is 3.64. The quantitative estimate of drug-likeness (QED) is 0.393. The van der Waals surface area contributed by atoms with Gasteiger partial charge in [-0.1, -0.05) is 67.3 Å². The van der Waals surface area contributed by atoms with Crippen LogP contribution in [0.25, 0.3) is 17.0 Å². The number of aromatic nitrogens is 1. The fourth-order valence-corrected chi connectivity index (χ4v) is 5.07. The van der Waals surface area contributed by atoms with E-state index in [9.17, 15) is 9.59 Å². The van der Waals surface area contributed by atoms with Gasteiger partial charge in [-0.3, -0.25) is 9.59 Å². The Hall–Kier alpha value is -4.12. The molecule has 1 unspecified atom stereocenters. The lowest BCUT2D eigenvalue weighted by molar-refractivity contribution is 0.0952. The number of fused-ring (bicyclic) bond motifs is 2. The summed E-state index contributed by atoms with van der Waals surface area (Å²) in [6.45, 7) is 4.85. The molecule has 0 aliphatic heterocycles. The molecule has 35 heavy (non-hydrogen) atoms. The number of anilines is 1. The summed E-state index contributed by atoms with van der Waals surface area (Å²) in [6.07, 6.45) is 4.34. The van der Waals surface area contributed by atoms with Crippen LogP contribution in [0, 0.1) is 5.92 Å². The van der Waals surface area contributed by atoms with Crippen LogP contribution in [0.5, 0.6) is 0 Å². The minimum absolute atomic E-state index is 0.132. The van der Waals surface area contributed by atoms with Gasteiger partial charge in [-0.15, -0.1) is 0 Å². The number of rotatable bonds is 7. The van der Waals surface area contributed by atoms with Crippen molar-refractivity contribution in [1.82, 2.24) is 9.88 Å². The van der Waals surface area contributed by atoms with Crippen molar-refractivity contribution in [2.75, 3.05) is 12.3 Å². The topological polar surface area (TPSA) is 77.1 Å². The molecule has 5 nitrogen and oxygen atoms in total. The van der Waals surface area contributed by atoms with Gasteiger partial charge < -0.3 is 15.6 Å². The molecule has 5 rings (SSSR count). The standard InChI is InChI=1S/C30H29N3O2/c1-2-20-11-12-23-16-22(17-24(23)15-20)19-33-28-10-6-9-27(31)25(28)18-26(30(33)35)29(34)32-14-13-21-7-4-3-5-8-21/h2-12,15,18,22H,1,13-14,16-17,19,31H2,(H,32,34). The fraction of sp³-hybridized carbons (Fsp3) is 0.200. The Balaban J connectivity index is 1.43. The van der Waals surface area contributed by atoms with Gasteiger partial charge in [0.15, 0.2) is 0 Å². The number of benzene rings is 3. The van der Waals surface area contributed by atoms with Crippen LogP contribution in [-0.4, -0.2) is 17.0 Å². The first-order chi connectivity index (χ1) is 17.0. The Kier molecular flexibility index (Phi) is 6.23. The average Bonchev–Trinajstić information content (AvgIpc) is 3.28. The molecule has 1 heterocycles. The van der Waals surface area contributed by atoms with Gasteiger partial charge in [-0.05, 0) is 65.6 Å². The molecular formula is C30H29N3O2. The van der Waals surface area contributed by atoms with Gasteiger partial charge in [0.1, 0.15) is 5.56 Å². The largest absolute Gasteiger partial charge is 0.398 e. The molecule has 5 heteroatoms. The van der Waals surface area contributed by atoms with Crippen LogP contribution < -0.4 is 16.6 Å². The van der Waals surface area contributed by atoms with Crippen molar-refractivity contribution in [1.29, 1.82) is 0 Å². The minimum Gasteiger partial charge on any atom is -0.398 e. The molecule has 176 valence electrons. The molecule has 0 radical (unpaired) electrons. The highest BCUT2D eigenvalue weighted by Crippen LogP contribution is 2.30. The van der Waals surface area contributed by atoms with Gasteiger partial charge in [0, 0.05) is 24.2 Å². The van der Waals surface area contributed by atoms with E-state index < -0.39 is 0 Å². The van der Waals surface area contributed by atoms with E-state index in [1.54, 1.807) is 16.7 Å². The highest BCUT2D eigenvalue weighted by molar-refractivity contribution is 6.00. The summed E-state index contributed by atoms with van der Waals surface area (Å²) >= 11 is 0. The van der Waals surface area contributed by atoms with Crippen molar-refractivity contribution in [3.63, 3.8) is 0 Å². The number of carbonyl (C=O) groups excluding carboxylic acids is 1. The van der Waals surface area contributed by atoms with Crippen molar-refractivity contribution in [3.8, 4) is 0 Å². The van der Waals surface area contributed by atoms with E-state index in [1.165, 1.54) is 11.1 Å². The normalized spacial score (nSPS) is 14.6. The van der Waals surface area contributed by atoms with E-state index in [2.05, 4.69) is 30.1 Å². The molecule has 1 aromatic heterocycles. The van der Waals surface area contributed by atoms with Crippen LogP contribution >= 0.6 is 0 Å². The molecule has 0 spiro atoms. The fourth-order valence-electron chi connectivity index (χ4n) is 5.07. The summed E-state index contributed by atoms with van der Waals surface area (Å²) in [4.78, 5) is 26.7. The Labute approximate surface area is 204 Å². The second-order valence-electron chi connectivity index (χ2n) is 9.25. The number of hydrogen-bond acceptors (Lipinski definition) is 3. The average molecular weight is 464 g/mol. The Morgan fingerprint density at radius 2 is 1.83 bits per heavy atom. The van der Waals surface area contributed by atoms with Gasteiger partial charge in [-0.25, -0.2) is 0 Å². The van der Waals surface area contributed by atoms with Crippen molar-refractivity contribution in [2.45, 2.75) is 25.8 Å². The lowest BCUT2D eigenvalue weighted by Gasteiger charge is -2.17. The van der Waals surface area contributed by atoms with Crippen molar-refractivity contribution in [3.05, 3.63) is 118 Å². The van der Waals surface area contributed by atoms with E-state index in [1.807, 2.05) is 48.5 Å². The van der Waals surface area contributed by atoms with Gasteiger partial charge in [0.2, 0.25) is 0 Å². The third kappa shape index (κ3) is 4.62. The van der Waals surface area contributed by atoms with Crippen molar-refractivity contribution < 1.29 is 4.79 Å². The number of carbonyl (C=O) groups is 1. The third-order valence-corrected chi connectivity index (χ3v) is 6.88. The van der Waals surface area contributed by atoms with Crippen molar-refractivity contribution >= 4 is 28.6 Å². The van der Waals surface area contributed by atoms with Crippen LogP contribution in [0.3, 0.4) is 0 Å². The highest BCUT2D eigenvalue weighted by Gasteiger charge is 2.24. The molecular weight excluding hydrogens is 434 g/mol. The first kappa shape index (κ1) is 22.7. The second kappa shape index (κ2) is 9.63. The van der Waals surface area contributed by atoms with Gasteiger partial charge in [-0.2, -0.15) is 0 Å². The first-order valence-electron chi connectivity index (χ1n) is 12.0. The van der Waals surface area contributed by atoms with Crippen molar-refractivity contribution in [2.24, 2.45) is 5.92 Å². The van der Waals surface area contributed by atoms with E-state index in [0.29, 0.717) is 25.2 Å². The zero-order chi connectivity index (χ0) is 24.4. The summed E-state index contributed by atoms with van der Waals surface area (Å²) in [7, 11) is 0. The molecule has 3 aromatic carbocycles. The summed E-state index contributed by atoms with van der Waals surface area (Å²) < 4.78 is 1.74. The van der Waals surface area contributed by atoms with Gasteiger partial charge in [0.25, 0.3) is 11.5 Å². The maximum Gasteiger partial charge on any atom is 0.263 e. The molecule has 4 aromatic rings. The predicted molar refractivity (Wildman–Crippen MR) is 143 cm³/mol. The number of amides is 1. The predicted octanol–water partition coefficient (Wildman–Crippen LogP) is 4.61. The highest BCUT2D eigenvalue weighted by atomic mass is 16.2.